The Bertz CT molecular complexity index is 1080. The molecule has 2 aliphatic rings. The minimum absolute atomic E-state index is 0.0965. The van der Waals surface area contributed by atoms with E-state index in [0.29, 0.717) is 55.5 Å². The van der Waals surface area contributed by atoms with Crippen LogP contribution in [-0.2, 0) is 4.79 Å². The van der Waals surface area contributed by atoms with Gasteiger partial charge in [-0.2, -0.15) is 0 Å². The molecule has 2 aliphatic heterocycles. The van der Waals surface area contributed by atoms with E-state index in [0.717, 1.165) is 25.9 Å². The summed E-state index contributed by atoms with van der Waals surface area (Å²) in [4.78, 5) is 20.1. The Kier molecular flexibility index (Phi) is 8.16. The molecule has 1 aromatic carbocycles. The number of hydrogen-bond donors (Lipinski definition) is 2. The molecule has 0 saturated carbocycles. The molecule has 2 aromatic rings. The molecule has 0 bridgehead atoms. The molecule has 0 radical (unpaired) electrons. The van der Waals surface area contributed by atoms with E-state index < -0.39 is 29.2 Å². The molecule has 2 atom stereocenters. The lowest BCUT2D eigenvalue weighted by atomic mass is 9.96. The highest BCUT2D eigenvalue weighted by Gasteiger charge is 2.45. The average Bonchev–Trinajstić information content (AvgIpc) is 3.25. The number of nitrogens with zero attached hydrogens (tertiary/aromatic N) is 3. The topological polar surface area (TPSA) is 91.9 Å². The van der Waals surface area contributed by atoms with Crippen molar-refractivity contribution < 1.29 is 23.4 Å². The number of alkyl halides is 1. The van der Waals surface area contributed by atoms with Crippen LogP contribution in [0.2, 0.25) is 0 Å². The summed E-state index contributed by atoms with van der Waals surface area (Å²) in [5.41, 5.74) is 4.62. The normalized spacial score (nSPS) is 22.8. The number of primary amides is 1. The first kappa shape index (κ1) is 27.4. The van der Waals surface area contributed by atoms with Crippen LogP contribution >= 0.6 is 0 Å². The molecule has 9 heteroatoms. The number of aliphatic hydroxyl groups is 1. The predicted octanol–water partition coefficient (Wildman–Crippen LogP) is 4.06. The van der Waals surface area contributed by atoms with E-state index in [1.807, 2.05) is 6.07 Å². The molecule has 37 heavy (non-hydrogen) atoms. The Morgan fingerprint density at radius 2 is 2.00 bits per heavy atom. The summed E-state index contributed by atoms with van der Waals surface area (Å²) >= 11 is 0. The van der Waals surface area contributed by atoms with Crippen LogP contribution in [0.5, 0.6) is 5.75 Å². The van der Waals surface area contributed by atoms with Gasteiger partial charge in [-0.1, -0.05) is 12.1 Å². The molecule has 3 N–H and O–H groups in total. The second-order valence-electron chi connectivity index (χ2n) is 11.2. The summed E-state index contributed by atoms with van der Waals surface area (Å²) in [7, 11) is 0. The van der Waals surface area contributed by atoms with Crippen molar-refractivity contribution in [3.63, 3.8) is 0 Å². The lowest BCUT2D eigenvalue weighted by molar-refractivity contribution is -0.135. The first-order chi connectivity index (χ1) is 17.5. The number of halogens is 2. The molecule has 0 spiro atoms. The van der Waals surface area contributed by atoms with Gasteiger partial charge in [-0.3, -0.25) is 14.7 Å². The number of carbonyl (C=O) groups excluding carboxylic acids is 1. The van der Waals surface area contributed by atoms with E-state index in [9.17, 15) is 14.3 Å². The molecule has 0 aliphatic carbocycles. The van der Waals surface area contributed by atoms with Gasteiger partial charge in [0.2, 0.25) is 5.91 Å². The van der Waals surface area contributed by atoms with Crippen LogP contribution in [0.25, 0.3) is 11.3 Å². The molecule has 7 nitrogen and oxygen atoms in total. The van der Waals surface area contributed by atoms with E-state index in [1.165, 1.54) is 12.1 Å². The lowest BCUT2D eigenvalue weighted by Crippen LogP contribution is -2.52. The largest absolute Gasteiger partial charge is 0.492 e. The maximum absolute atomic E-state index is 15.0. The Morgan fingerprint density at radius 1 is 1.27 bits per heavy atom. The number of carbonyl (C=O) groups is 1. The first-order valence-corrected chi connectivity index (χ1v) is 13.0. The van der Waals surface area contributed by atoms with Crippen LogP contribution in [-0.4, -0.2) is 69.8 Å². The number of likely N-dealkylation sites (tertiary alicyclic amines) is 2. The third-order valence-electron chi connectivity index (χ3n) is 7.63. The van der Waals surface area contributed by atoms with E-state index in [2.05, 4.69) is 9.88 Å². The second-order valence-corrected chi connectivity index (χ2v) is 11.2. The van der Waals surface area contributed by atoms with Crippen molar-refractivity contribution in [1.82, 2.24) is 14.8 Å². The fraction of sp³-hybridized carbons (Fsp3) is 0.571. The van der Waals surface area contributed by atoms with Crippen LogP contribution < -0.4 is 10.5 Å². The van der Waals surface area contributed by atoms with Crippen LogP contribution in [0.15, 0.2) is 36.5 Å². The molecule has 4 rings (SSSR count). The Labute approximate surface area is 217 Å². The zero-order valence-corrected chi connectivity index (χ0v) is 21.9. The van der Waals surface area contributed by atoms with Crippen molar-refractivity contribution in [2.45, 2.75) is 63.9 Å². The third kappa shape index (κ3) is 6.45. The highest BCUT2D eigenvalue weighted by Crippen LogP contribution is 2.37. The maximum atomic E-state index is 15.0. The number of hydrogen-bond acceptors (Lipinski definition) is 6. The number of benzene rings is 1. The van der Waals surface area contributed by atoms with Gasteiger partial charge in [0.25, 0.3) is 0 Å². The zero-order chi connectivity index (χ0) is 26.8. The number of pyridine rings is 1. The van der Waals surface area contributed by atoms with E-state index in [-0.39, 0.29) is 5.56 Å². The Hall–Kier alpha value is -2.62. The van der Waals surface area contributed by atoms with Gasteiger partial charge in [-0.25, -0.2) is 8.78 Å². The van der Waals surface area contributed by atoms with Gasteiger partial charge < -0.3 is 20.5 Å². The summed E-state index contributed by atoms with van der Waals surface area (Å²) < 4.78 is 34.8. The smallest absolute Gasteiger partial charge is 0.237 e. The van der Waals surface area contributed by atoms with Gasteiger partial charge in [-0.15, -0.1) is 0 Å². The average molecular weight is 517 g/mol. The highest BCUT2D eigenvalue weighted by atomic mass is 19.1. The van der Waals surface area contributed by atoms with Gasteiger partial charge >= 0.3 is 0 Å². The molecular formula is C28H38F2N4O3. The Morgan fingerprint density at radius 3 is 2.59 bits per heavy atom. The first-order valence-electron chi connectivity index (χ1n) is 13.0. The maximum Gasteiger partial charge on any atom is 0.237 e. The summed E-state index contributed by atoms with van der Waals surface area (Å²) in [6.45, 7) is 8.14. The van der Waals surface area contributed by atoms with Gasteiger partial charge in [0.05, 0.1) is 24.0 Å². The number of amides is 1. The zero-order valence-electron chi connectivity index (χ0n) is 21.9. The van der Waals surface area contributed by atoms with E-state index >= 15 is 4.39 Å². The molecule has 1 unspecified atom stereocenters. The summed E-state index contributed by atoms with van der Waals surface area (Å²) in [6.07, 6.45) is 3.51. The molecule has 2 fully saturated rings. The van der Waals surface area contributed by atoms with Gasteiger partial charge in [0.1, 0.15) is 23.5 Å². The highest BCUT2D eigenvalue weighted by molar-refractivity contribution is 5.84. The number of aliphatic hydroxyl groups excluding tert-OH is 1. The van der Waals surface area contributed by atoms with Crippen molar-refractivity contribution in [2.24, 2.45) is 11.7 Å². The van der Waals surface area contributed by atoms with Gasteiger partial charge in [-0.05, 0) is 83.7 Å². The quantitative estimate of drug-likeness (QED) is 0.522. The van der Waals surface area contributed by atoms with E-state index in [4.69, 9.17) is 10.5 Å². The molecular weight excluding hydrogens is 478 g/mol. The molecule has 3 heterocycles. The van der Waals surface area contributed by atoms with Crippen LogP contribution in [0.1, 0.15) is 58.2 Å². The van der Waals surface area contributed by atoms with Gasteiger partial charge in [0.15, 0.2) is 0 Å². The standard InChI is InChI=1S/C28H38F2N4O3/c1-27(2,30)18-33-13-9-19(10-14-33)17-37-21-6-8-24(32-16-21)20-5-7-22(23(29)15-20)25(35)34-12-4-11-28(34,3)26(31)36/h5-8,15-16,19,25,35H,4,9-14,17-18H2,1-3H3,(H2,31,36)/t25?,28-/m0/s1. The third-order valence-corrected chi connectivity index (χ3v) is 7.63. The molecule has 1 aromatic heterocycles. The van der Waals surface area contributed by atoms with Crippen LogP contribution in [0.3, 0.4) is 0 Å². The monoisotopic (exact) mass is 516 g/mol. The van der Waals surface area contributed by atoms with Crippen molar-refractivity contribution >= 4 is 5.91 Å². The lowest BCUT2D eigenvalue weighted by Gasteiger charge is -2.36. The SMILES string of the molecule is CC(C)(F)CN1CCC(COc2ccc(-c3ccc(C(O)N4CCC[C@@]4(C)C(N)=O)c(F)c3)nc2)CC1. The van der Waals surface area contributed by atoms with Crippen molar-refractivity contribution in [3.05, 3.63) is 47.9 Å². The Balaban J connectivity index is 1.34. The summed E-state index contributed by atoms with van der Waals surface area (Å²) in [5.74, 6) is -0.0469. The van der Waals surface area contributed by atoms with Gasteiger partial charge in [0, 0.05) is 24.2 Å². The van der Waals surface area contributed by atoms with Crippen LogP contribution in [0, 0.1) is 11.7 Å². The fourth-order valence-corrected chi connectivity index (χ4v) is 5.40. The molecule has 202 valence electrons. The number of aromatic nitrogens is 1. The predicted molar refractivity (Wildman–Crippen MR) is 138 cm³/mol. The number of piperidine rings is 1. The molecule has 1 amide bonds. The molecule has 2 saturated heterocycles. The van der Waals surface area contributed by atoms with Crippen molar-refractivity contribution in [1.29, 1.82) is 0 Å². The second kappa shape index (κ2) is 11.0. The number of nitrogens with two attached hydrogens (primary N) is 1. The minimum atomic E-state index is -1.27. The van der Waals surface area contributed by atoms with Crippen LogP contribution in [0.4, 0.5) is 8.78 Å². The summed E-state index contributed by atoms with van der Waals surface area (Å²) in [6, 6.07) is 8.15. The van der Waals surface area contributed by atoms with Crippen molar-refractivity contribution in [3.8, 4) is 17.0 Å². The van der Waals surface area contributed by atoms with Crippen molar-refractivity contribution in [2.75, 3.05) is 32.8 Å². The van der Waals surface area contributed by atoms with E-state index in [1.54, 1.807) is 44.0 Å². The number of rotatable bonds is 9. The fourth-order valence-electron chi connectivity index (χ4n) is 5.40. The minimum Gasteiger partial charge on any atom is -0.492 e. The number of ether oxygens (including phenoxy) is 1. The summed E-state index contributed by atoms with van der Waals surface area (Å²) in [5, 5.41) is 10.8.